The van der Waals surface area contributed by atoms with Crippen LogP contribution in [0, 0.1) is 0 Å². The molecule has 0 amide bonds. The summed E-state index contributed by atoms with van der Waals surface area (Å²) >= 11 is 0. The highest BCUT2D eigenvalue weighted by Gasteiger charge is 2.38. The van der Waals surface area contributed by atoms with Crippen LogP contribution in [0.4, 0.5) is 0 Å². The number of likely N-dealkylation sites (tertiary alicyclic amines) is 1. The Kier molecular flexibility index (Phi) is 3.53. The molecule has 0 radical (unpaired) electrons. The van der Waals surface area contributed by atoms with E-state index in [0.717, 1.165) is 19.5 Å². The average molecular weight is 260 g/mol. The first kappa shape index (κ1) is 12.6. The van der Waals surface area contributed by atoms with E-state index in [1.54, 1.807) is 0 Å². The van der Waals surface area contributed by atoms with Crippen molar-refractivity contribution in [1.29, 1.82) is 0 Å². The molecule has 19 heavy (non-hydrogen) atoms. The van der Waals surface area contributed by atoms with E-state index in [-0.39, 0.29) is 6.04 Å². The molecule has 2 saturated heterocycles. The van der Waals surface area contributed by atoms with Crippen molar-refractivity contribution >= 4 is 5.97 Å². The summed E-state index contributed by atoms with van der Waals surface area (Å²) < 4.78 is 0. The third-order valence-corrected chi connectivity index (χ3v) is 4.35. The van der Waals surface area contributed by atoms with Crippen molar-refractivity contribution in [3.8, 4) is 0 Å². The highest BCUT2D eigenvalue weighted by molar-refractivity contribution is 5.74. The Morgan fingerprint density at radius 2 is 2.11 bits per heavy atom. The highest BCUT2D eigenvalue weighted by Crippen LogP contribution is 2.35. The van der Waals surface area contributed by atoms with Crippen molar-refractivity contribution in [3.63, 3.8) is 0 Å². The molecule has 0 spiro atoms. The van der Waals surface area contributed by atoms with E-state index in [1.165, 1.54) is 18.4 Å². The maximum Gasteiger partial charge on any atom is 0.320 e. The maximum atomic E-state index is 11.0. The lowest BCUT2D eigenvalue weighted by molar-refractivity contribution is -0.139. The SMILES string of the molecule is O=C(O)C1CC(N2CCCC2c2ccccc2)CN1. The molecule has 2 heterocycles. The Labute approximate surface area is 113 Å². The summed E-state index contributed by atoms with van der Waals surface area (Å²) in [4.78, 5) is 13.5. The van der Waals surface area contributed by atoms with E-state index in [2.05, 4.69) is 34.5 Å². The number of carbonyl (C=O) groups is 1. The Bertz CT molecular complexity index is 449. The van der Waals surface area contributed by atoms with Crippen molar-refractivity contribution < 1.29 is 9.90 Å². The molecule has 4 nitrogen and oxygen atoms in total. The summed E-state index contributed by atoms with van der Waals surface area (Å²) in [6.45, 7) is 1.87. The summed E-state index contributed by atoms with van der Waals surface area (Å²) in [5, 5.41) is 12.2. The molecule has 4 heteroatoms. The van der Waals surface area contributed by atoms with Gasteiger partial charge in [-0.05, 0) is 31.4 Å². The maximum absolute atomic E-state index is 11.0. The molecule has 0 aliphatic carbocycles. The van der Waals surface area contributed by atoms with E-state index in [9.17, 15) is 4.79 Å². The highest BCUT2D eigenvalue weighted by atomic mass is 16.4. The first-order valence-electron chi connectivity index (χ1n) is 7.02. The van der Waals surface area contributed by atoms with Gasteiger partial charge in [-0.15, -0.1) is 0 Å². The van der Waals surface area contributed by atoms with Gasteiger partial charge in [0.25, 0.3) is 0 Å². The van der Waals surface area contributed by atoms with Crippen LogP contribution in [0.15, 0.2) is 30.3 Å². The first-order chi connectivity index (χ1) is 9.25. The Balaban J connectivity index is 1.72. The molecule has 2 fully saturated rings. The normalized spacial score (nSPS) is 31.7. The van der Waals surface area contributed by atoms with Crippen molar-refractivity contribution in [3.05, 3.63) is 35.9 Å². The van der Waals surface area contributed by atoms with Crippen LogP contribution in [0.1, 0.15) is 30.9 Å². The minimum absolute atomic E-state index is 0.355. The zero-order chi connectivity index (χ0) is 13.2. The molecule has 3 atom stereocenters. The zero-order valence-corrected chi connectivity index (χ0v) is 11.0. The number of hydrogen-bond acceptors (Lipinski definition) is 3. The first-order valence-corrected chi connectivity index (χ1v) is 7.02. The van der Waals surface area contributed by atoms with E-state index in [4.69, 9.17) is 5.11 Å². The number of benzene rings is 1. The summed E-state index contributed by atoms with van der Waals surface area (Å²) in [6, 6.07) is 11.0. The summed E-state index contributed by atoms with van der Waals surface area (Å²) in [6.07, 6.45) is 3.10. The molecule has 2 aliphatic rings. The van der Waals surface area contributed by atoms with Crippen LogP contribution >= 0.6 is 0 Å². The van der Waals surface area contributed by atoms with Gasteiger partial charge in [0.2, 0.25) is 0 Å². The third-order valence-electron chi connectivity index (χ3n) is 4.35. The quantitative estimate of drug-likeness (QED) is 0.867. The van der Waals surface area contributed by atoms with Crippen molar-refractivity contribution in [2.45, 2.75) is 37.4 Å². The number of carboxylic acids is 1. The lowest BCUT2D eigenvalue weighted by Crippen LogP contribution is -2.36. The smallest absolute Gasteiger partial charge is 0.320 e. The van der Waals surface area contributed by atoms with Crippen LogP contribution < -0.4 is 5.32 Å². The largest absolute Gasteiger partial charge is 0.480 e. The van der Waals surface area contributed by atoms with Crippen LogP contribution in [-0.4, -0.2) is 41.1 Å². The third kappa shape index (κ3) is 2.51. The topological polar surface area (TPSA) is 52.6 Å². The van der Waals surface area contributed by atoms with Gasteiger partial charge in [-0.3, -0.25) is 9.69 Å². The van der Waals surface area contributed by atoms with Gasteiger partial charge in [0.1, 0.15) is 6.04 Å². The van der Waals surface area contributed by atoms with Gasteiger partial charge in [-0.25, -0.2) is 0 Å². The van der Waals surface area contributed by atoms with Crippen molar-refractivity contribution in [2.24, 2.45) is 0 Å². The Morgan fingerprint density at radius 3 is 2.79 bits per heavy atom. The van der Waals surface area contributed by atoms with Gasteiger partial charge >= 0.3 is 5.97 Å². The molecule has 2 N–H and O–H groups in total. The second kappa shape index (κ2) is 5.31. The van der Waals surface area contributed by atoms with Crippen LogP contribution in [0.25, 0.3) is 0 Å². The fourth-order valence-corrected chi connectivity index (χ4v) is 3.42. The predicted octanol–water partition coefficient (Wildman–Crippen LogP) is 1.64. The van der Waals surface area contributed by atoms with Crippen LogP contribution in [0.3, 0.4) is 0 Å². The van der Waals surface area contributed by atoms with E-state index in [0.29, 0.717) is 12.1 Å². The average Bonchev–Trinajstić information content (AvgIpc) is 3.08. The fraction of sp³-hybridized carbons (Fsp3) is 0.533. The molecule has 102 valence electrons. The summed E-state index contributed by atoms with van der Waals surface area (Å²) in [7, 11) is 0. The lowest BCUT2D eigenvalue weighted by atomic mass is 10.0. The molecule has 3 unspecified atom stereocenters. The Morgan fingerprint density at radius 1 is 1.32 bits per heavy atom. The second-order valence-corrected chi connectivity index (χ2v) is 5.50. The molecule has 3 rings (SSSR count). The number of rotatable bonds is 3. The zero-order valence-electron chi connectivity index (χ0n) is 11.0. The fourth-order valence-electron chi connectivity index (χ4n) is 3.42. The molecule has 1 aromatic carbocycles. The van der Waals surface area contributed by atoms with E-state index >= 15 is 0 Å². The summed E-state index contributed by atoms with van der Waals surface area (Å²) in [5.41, 5.74) is 1.36. The molecular formula is C15H20N2O2. The number of hydrogen-bond donors (Lipinski definition) is 2. The van der Waals surface area contributed by atoms with Gasteiger partial charge in [-0.2, -0.15) is 0 Å². The lowest BCUT2D eigenvalue weighted by Gasteiger charge is -2.30. The molecule has 0 bridgehead atoms. The van der Waals surface area contributed by atoms with E-state index < -0.39 is 5.97 Å². The molecular weight excluding hydrogens is 240 g/mol. The van der Waals surface area contributed by atoms with Gasteiger partial charge in [0.15, 0.2) is 0 Å². The predicted molar refractivity (Wildman–Crippen MR) is 73.0 cm³/mol. The molecule has 1 aromatic rings. The van der Waals surface area contributed by atoms with Crippen LogP contribution in [-0.2, 0) is 4.79 Å². The van der Waals surface area contributed by atoms with Gasteiger partial charge in [-0.1, -0.05) is 30.3 Å². The minimum Gasteiger partial charge on any atom is -0.480 e. The number of aliphatic carboxylic acids is 1. The Hall–Kier alpha value is -1.39. The standard InChI is InChI=1S/C15H20N2O2/c18-15(19)13-9-12(10-16-13)17-8-4-7-14(17)11-5-2-1-3-6-11/h1-3,5-6,12-14,16H,4,7-10H2,(H,18,19). The number of nitrogens with zero attached hydrogens (tertiary/aromatic N) is 1. The second-order valence-electron chi connectivity index (χ2n) is 5.50. The monoisotopic (exact) mass is 260 g/mol. The summed E-state index contributed by atoms with van der Waals surface area (Å²) in [5.74, 6) is -0.724. The van der Waals surface area contributed by atoms with Crippen LogP contribution in [0.5, 0.6) is 0 Å². The molecule has 0 aromatic heterocycles. The number of nitrogens with one attached hydrogen (secondary N) is 1. The van der Waals surface area contributed by atoms with Crippen LogP contribution in [0.2, 0.25) is 0 Å². The molecule has 2 aliphatic heterocycles. The van der Waals surface area contributed by atoms with Gasteiger partial charge in [0.05, 0.1) is 0 Å². The van der Waals surface area contributed by atoms with Gasteiger partial charge < -0.3 is 10.4 Å². The van der Waals surface area contributed by atoms with E-state index in [1.807, 2.05) is 6.07 Å². The minimum atomic E-state index is -0.724. The van der Waals surface area contributed by atoms with Gasteiger partial charge in [0, 0.05) is 18.6 Å². The number of carboxylic acid groups (broad SMARTS) is 1. The van der Waals surface area contributed by atoms with Crippen molar-refractivity contribution in [1.82, 2.24) is 10.2 Å². The molecule has 0 saturated carbocycles. The van der Waals surface area contributed by atoms with Crippen molar-refractivity contribution in [2.75, 3.05) is 13.1 Å².